The number of amides is 1. The number of anilines is 1. The number of halogens is 3. The number of carbonyl (C=O) groups is 1. The third kappa shape index (κ3) is 3.53. The van der Waals surface area contributed by atoms with Crippen LogP contribution in [0.1, 0.15) is 10.4 Å². The molecule has 1 N–H and O–H groups in total. The van der Waals surface area contributed by atoms with Crippen LogP contribution in [-0.4, -0.2) is 15.8 Å². The first kappa shape index (κ1) is 15.3. The van der Waals surface area contributed by atoms with Gasteiger partial charge in [-0.3, -0.25) is 14.9 Å². The molecule has 1 amide bonds. The van der Waals surface area contributed by atoms with E-state index >= 15 is 0 Å². The zero-order chi connectivity index (χ0) is 15.6. The molecule has 0 atom stereocenters. The minimum atomic E-state index is -1.02. The highest BCUT2D eigenvalue weighted by Gasteiger charge is 2.18. The van der Waals surface area contributed by atoms with Crippen LogP contribution in [0.3, 0.4) is 0 Å². The Kier molecular flexibility index (Phi) is 4.49. The number of nitro benzene ring substituents is 1. The molecule has 0 fully saturated rings. The molecular formula is C12H6BrClFN3O3. The molecule has 2 rings (SSSR count). The van der Waals surface area contributed by atoms with Crippen molar-refractivity contribution in [1.29, 1.82) is 0 Å². The van der Waals surface area contributed by atoms with Crippen molar-refractivity contribution < 1.29 is 14.1 Å². The maximum atomic E-state index is 13.2. The smallest absolute Gasteiger partial charge is 0.305 e. The van der Waals surface area contributed by atoms with Crippen LogP contribution in [0.2, 0.25) is 5.15 Å². The lowest BCUT2D eigenvalue weighted by Gasteiger charge is -2.07. The third-order valence-corrected chi connectivity index (χ3v) is 3.19. The summed E-state index contributed by atoms with van der Waals surface area (Å²) in [7, 11) is 0. The number of hydrogen-bond acceptors (Lipinski definition) is 4. The second-order valence-corrected chi connectivity index (χ2v) is 5.14. The molecule has 1 aromatic carbocycles. The molecule has 0 bridgehead atoms. The Labute approximate surface area is 131 Å². The number of nitro groups is 1. The average Bonchev–Trinajstić information content (AvgIpc) is 2.43. The predicted molar refractivity (Wildman–Crippen MR) is 78.0 cm³/mol. The Bertz CT molecular complexity index is 742. The summed E-state index contributed by atoms with van der Waals surface area (Å²) in [5, 5.41) is 13.2. The van der Waals surface area contributed by atoms with E-state index in [1.165, 1.54) is 12.3 Å². The number of carbonyl (C=O) groups excluding carboxylic acids is 1. The Morgan fingerprint density at radius 1 is 1.43 bits per heavy atom. The minimum Gasteiger partial charge on any atom is -0.319 e. The van der Waals surface area contributed by atoms with Crippen LogP contribution in [0.25, 0.3) is 0 Å². The van der Waals surface area contributed by atoms with Gasteiger partial charge in [0.15, 0.2) is 5.15 Å². The third-order valence-electron chi connectivity index (χ3n) is 2.46. The van der Waals surface area contributed by atoms with Gasteiger partial charge < -0.3 is 5.32 Å². The zero-order valence-corrected chi connectivity index (χ0v) is 12.5. The van der Waals surface area contributed by atoms with Gasteiger partial charge in [-0.05, 0) is 34.1 Å². The molecule has 0 aliphatic carbocycles. The molecule has 21 heavy (non-hydrogen) atoms. The van der Waals surface area contributed by atoms with E-state index in [4.69, 9.17) is 11.6 Å². The summed E-state index contributed by atoms with van der Waals surface area (Å²) in [6.07, 6.45) is 1.45. The van der Waals surface area contributed by atoms with E-state index in [9.17, 15) is 19.3 Å². The van der Waals surface area contributed by atoms with Crippen molar-refractivity contribution in [3.63, 3.8) is 0 Å². The first-order chi connectivity index (χ1) is 9.88. The largest absolute Gasteiger partial charge is 0.319 e. The van der Waals surface area contributed by atoms with Gasteiger partial charge in [-0.2, -0.15) is 4.39 Å². The van der Waals surface area contributed by atoms with Crippen molar-refractivity contribution in [2.45, 2.75) is 0 Å². The minimum absolute atomic E-state index is 0.0585. The van der Waals surface area contributed by atoms with Gasteiger partial charge in [0.1, 0.15) is 0 Å². The summed E-state index contributed by atoms with van der Waals surface area (Å²) >= 11 is 8.99. The van der Waals surface area contributed by atoms with E-state index < -0.39 is 22.3 Å². The second-order valence-electron chi connectivity index (χ2n) is 3.87. The van der Waals surface area contributed by atoms with E-state index in [0.717, 1.165) is 18.2 Å². The number of benzene rings is 1. The molecule has 0 unspecified atom stereocenters. The lowest BCUT2D eigenvalue weighted by molar-refractivity contribution is -0.387. The van der Waals surface area contributed by atoms with Gasteiger partial charge in [-0.25, -0.2) is 4.98 Å². The number of pyridine rings is 1. The highest BCUT2D eigenvalue weighted by atomic mass is 79.9. The van der Waals surface area contributed by atoms with E-state index in [2.05, 4.69) is 26.2 Å². The second kappa shape index (κ2) is 6.15. The molecule has 108 valence electrons. The molecule has 0 aliphatic rings. The SMILES string of the molecule is O=C(Nc1cc(Br)cnc1Cl)c1ccc(F)c([N+](=O)[O-])c1. The topological polar surface area (TPSA) is 85.1 Å². The molecule has 0 aliphatic heterocycles. The van der Waals surface area contributed by atoms with Crippen molar-refractivity contribution in [2.24, 2.45) is 0 Å². The number of rotatable bonds is 3. The van der Waals surface area contributed by atoms with E-state index in [1.807, 2.05) is 0 Å². The molecule has 1 aromatic heterocycles. The highest BCUT2D eigenvalue weighted by molar-refractivity contribution is 9.10. The molecule has 9 heteroatoms. The lowest BCUT2D eigenvalue weighted by atomic mass is 10.2. The fourth-order valence-corrected chi connectivity index (χ4v) is 1.98. The first-order valence-corrected chi connectivity index (χ1v) is 6.62. The van der Waals surface area contributed by atoms with Crippen LogP contribution in [0.5, 0.6) is 0 Å². The van der Waals surface area contributed by atoms with Gasteiger partial charge in [0.25, 0.3) is 5.91 Å². The molecule has 2 aromatic rings. The summed E-state index contributed by atoms with van der Waals surface area (Å²) in [4.78, 5) is 25.6. The summed E-state index contributed by atoms with van der Waals surface area (Å²) in [5.74, 6) is -1.68. The van der Waals surface area contributed by atoms with E-state index in [1.54, 1.807) is 0 Å². The van der Waals surface area contributed by atoms with Crippen molar-refractivity contribution in [3.05, 3.63) is 61.6 Å². The maximum Gasteiger partial charge on any atom is 0.305 e. The van der Waals surface area contributed by atoms with Gasteiger partial charge in [-0.15, -0.1) is 0 Å². The normalized spacial score (nSPS) is 10.2. The van der Waals surface area contributed by atoms with Crippen molar-refractivity contribution in [3.8, 4) is 0 Å². The van der Waals surface area contributed by atoms with Crippen LogP contribution in [0.4, 0.5) is 15.8 Å². The van der Waals surface area contributed by atoms with Gasteiger partial charge in [0.2, 0.25) is 5.82 Å². The Morgan fingerprint density at radius 3 is 2.81 bits per heavy atom. The quantitative estimate of drug-likeness (QED) is 0.503. The lowest BCUT2D eigenvalue weighted by Crippen LogP contribution is -2.13. The molecule has 0 saturated carbocycles. The summed E-state index contributed by atoms with van der Waals surface area (Å²) < 4.78 is 13.8. The zero-order valence-electron chi connectivity index (χ0n) is 10.1. The van der Waals surface area contributed by atoms with Crippen LogP contribution in [0.15, 0.2) is 34.9 Å². The average molecular weight is 375 g/mol. The molecule has 1 heterocycles. The molecule has 0 saturated heterocycles. The highest BCUT2D eigenvalue weighted by Crippen LogP contribution is 2.24. The number of hydrogen-bond donors (Lipinski definition) is 1. The van der Waals surface area contributed by atoms with Crippen molar-refractivity contribution >= 4 is 44.8 Å². The molecular weight excluding hydrogens is 369 g/mol. The molecule has 0 spiro atoms. The molecule has 6 nitrogen and oxygen atoms in total. The van der Waals surface area contributed by atoms with Gasteiger partial charge >= 0.3 is 5.69 Å². The number of nitrogens with zero attached hydrogens (tertiary/aromatic N) is 2. The molecule has 0 radical (unpaired) electrons. The van der Waals surface area contributed by atoms with Crippen LogP contribution >= 0.6 is 27.5 Å². The van der Waals surface area contributed by atoms with Crippen molar-refractivity contribution in [2.75, 3.05) is 5.32 Å². The Hall–Kier alpha value is -2.06. The van der Waals surface area contributed by atoms with Gasteiger partial charge in [0, 0.05) is 22.3 Å². The van der Waals surface area contributed by atoms with Crippen molar-refractivity contribution in [1.82, 2.24) is 4.98 Å². The van der Waals surface area contributed by atoms with Gasteiger partial charge in [-0.1, -0.05) is 11.6 Å². The Balaban J connectivity index is 2.30. The summed E-state index contributed by atoms with van der Waals surface area (Å²) in [5.41, 5.74) is -0.622. The monoisotopic (exact) mass is 373 g/mol. The maximum absolute atomic E-state index is 13.2. The van der Waals surface area contributed by atoms with Crippen LogP contribution in [-0.2, 0) is 0 Å². The van der Waals surface area contributed by atoms with E-state index in [0.29, 0.717) is 4.47 Å². The summed E-state index contributed by atoms with van der Waals surface area (Å²) in [6.45, 7) is 0. The van der Waals surface area contributed by atoms with Gasteiger partial charge in [0.05, 0.1) is 10.6 Å². The number of nitrogens with one attached hydrogen (secondary N) is 1. The predicted octanol–water partition coefficient (Wildman–Crippen LogP) is 3.80. The fraction of sp³-hybridized carbons (Fsp3) is 0. The fourth-order valence-electron chi connectivity index (χ4n) is 1.50. The first-order valence-electron chi connectivity index (χ1n) is 5.45. The van der Waals surface area contributed by atoms with E-state index in [-0.39, 0.29) is 16.4 Å². The standard InChI is InChI=1S/C12H6BrClFN3O3/c13-7-4-9(11(14)16-5-7)17-12(19)6-1-2-8(15)10(3-6)18(20)21/h1-5H,(H,17,19). The van der Waals surface area contributed by atoms with Crippen LogP contribution < -0.4 is 5.32 Å². The summed E-state index contributed by atoms with van der Waals surface area (Å²) in [6, 6.07) is 4.36. The Morgan fingerprint density at radius 2 is 2.14 bits per heavy atom. The van der Waals surface area contributed by atoms with Crippen LogP contribution in [0, 0.1) is 15.9 Å². The number of aromatic nitrogens is 1.